The summed E-state index contributed by atoms with van der Waals surface area (Å²) in [5.74, 6) is 0.605. The fourth-order valence-electron chi connectivity index (χ4n) is 2.56. The fourth-order valence-corrected chi connectivity index (χ4v) is 2.56. The van der Waals surface area contributed by atoms with Gasteiger partial charge in [0.25, 0.3) is 11.5 Å². The summed E-state index contributed by atoms with van der Waals surface area (Å²) in [6.07, 6.45) is 1.56. The zero-order chi connectivity index (χ0) is 18.0. The molecule has 0 aliphatic rings. The Morgan fingerprint density at radius 2 is 1.96 bits per heavy atom. The van der Waals surface area contributed by atoms with Crippen LogP contribution >= 0.6 is 0 Å². The molecule has 1 aromatic carbocycles. The van der Waals surface area contributed by atoms with Gasteiger partial charge in [-0.3, -0.25) is 9.59 Å². The third-order valence-corrected chi connectivity index (χ3v) is 3.96. The molecule has 0 atom stereocenters. The molecule has 0 radical (unpaired) electrons. The second kappa shape index (κ2) is 6.76. The van der Waals surface area contributed by atoms with Crippen LogP contribution in [0, 0.1) is 20.8 Å². The van der Waals surface area contributed by atoms with Crippen molar-refractivity contribution in [2.45, 2.75) is 27.3 Å². The Kier molecular flexibility index (Phi) is 4.52. The highest BCUT2D eigenvalue weighted by atomic mass is 16.5. The average molecular weight is 337 g/mol. The minimum Gasteiger partial charge on any atom is -0.360 e. The lowest BCUT2D eigenvalue weighted by atomic mass is 10.1. The zero-order valence-corrected chi connectivity index (χ0v) is 14.4. The summed E-state index contributed by atoms with van der Waals surface area (Å²) in [4.78, 5) is 24.5. The van der Waals surface area contributed by atoms with Crippen LogP contribution in [-0.4, -0.2) is 15.6 Å². The van der Waals surface area contributed by atoms with Crippen LogP contribution in [0.15, 0.2) is 51.9 Å². The maximum absolute atomic E-state index is 12.4. The predicted molar refractivity (Wildman–Crippen MR) is 94.9 cm³/mol. The normalized spacial score (nSPS) is 10.7. The van der Waals surface area contributed by atoms with Crippen molar-refractivity contribution in [3.05, 3.63) is 81.0 Å². The van der Waals surface area contributed by atoms with E-state index in [-0.39, 0.29) is 11.5 Å². The van der Waals surface area contributed by atoms with E-state index in [1.54, 1.807) is 19.2 Å². The van der Waals surface area contributed by atoms with Gasteiger partial charge in [-0.25, -0.2) is 0 Å². The van der Waals surface area contributed by atoms with Gasteiger partial charge in [-0.15, -0.1) is 0 Å². The van der Waals surface area contributed by atoms with Crippen LogP contribution in [0.25, 0.3) is 0 Å². The first-order valence-electron chi connectivity index (χ1n) is 7.93. The van der Waals surface area contributed by atoms with Crippen LogP contribution in [0.4, 0.5) is 5.82 Å². The Balaban J connectivity index is 1.86. The predicted octanol–water partition coefficient (Wildman–Crippen LogP) is 3.06. The van der Waals surface area contributed by atoms with E-state index in [4.69, 9.17) is 4.52 Å². The van der Waals surface area contributed by atoms with Crippen molar-refractivity contribution in [2.24, 2.45) is 0 Å². The molecule has 1 amide bonds. The standard InChI is InChI=1S/C19H19N3O3/c1-12-4-5-13(2)16(8-12)11-22-10-15(6-7-18(22)23)19(24)20-17-9-14(3)25-21-17/h4-10H,11H2,1-3H3,(H,20,21,24). The maximum atomic E-state index is 12.4. The van der Waals surface area contributed by atoms with Crippen molar-refractivity contribution in [3.8, 4) is 0 Å². The topological polar surface area (TPSA) is 77.1 Å². The lowest BCUT2D eigenvalue weighted by molar-refractivity contribution is 0.102. The summed E-state index contributed by atoms with van der Waals surface area (Å²) < 4.78 is 6.46. The number of hydrogen-bond donors (Lipinski definition) is 1. The molecule has 6 heteroatoms. The molecule has 3 rings (SSSR count). The molecule has 0 fully saturated rings. The molecular formula is C19H19N3O3. The van der Waals surface area contributed by atoms with E-state index in [0.29, 0.717) is 23.7 Å². The van der Waals surface area contributed by atoms with Gasteiger partial charge in [0.05, 0.1) is 12.1 Å². The van der Waals surface area contributed by atoms with Crippen molar-refractivity contribution in [1.29, 1.82) is 0 Å². The van der Waals surface area contributed by atoms with Crippen molar-refractivity contribution >= 4 is 11.7 Å². The van der Waals surface area contributed by atoms with E-state index in [1.807, 2.05) is 32.0 Å². The number of hydrogen-bond acceptors (Lipinski definition) is 4. The molecule has 0 spiro atoms. The average Bonchev–Trinajstić information content (AvgIpc) is 2.97. The van der Waals surface area contributed by atoms with Gasteiger partial charge in [-0.2, -0.15) is 0 Å². The number of nitrogens with zero attached hydrogens (tertiary/aromatic N) is 2. The summed E-state index contributed by atoms with van der Waals surface area (Å²) >= 11 is 0. The van der Waals surface area contributed by atoms with Crippen LogP contribution in [0.5, 0.6) is 0 Å². The van der Waals surface area contributed by atoms with Gasteiger partial charge in [0.2, 0.25) is 0 Å². The van der Waals surface area contributed by atoms with Gasteiger partial charge in [0, 0.05) is 18.3 Å². The van der Waals surface area contributed by atoms with E-state index in [2.05, 4.69) is 10.5 Å². The maximum Gasteiger partial charge on any atom is 0.258 e. The minimum absolute atomic E-state index is 0.158. The molecule has 25 heavy (non-hydrogen) atoms. The molecule has 6 nitrogen and oxygen atoms in total. The fraction of sp³-hybridized carbons (Fsp3) is 0.211. The monoisotopic (exact) mass is 337 g/mol. The number of carbonyl (C=O) groups excluding carboxylic acids is 1. The Labute approximate surface area is 145 Å². The minimum atomic E-state index is -0.344. The number of anilines is 1. The highest BCUT2D eigenvalue weighted by Crippen LogP contribution is 2.13. The molecule has 2 heterocycles. The van der Waals surface area contributed by atoms with Crippen molar-refractivity contribution in [3.63, 3.8) is 0 Å². The molecule has 2 aromatic heterocycles. The van der Waals surface area contributed by atoms with Crippen molar-refractivity contribution in [2.75, 3.05) is 5.32 Å². The highest BCUT2D eigenvalue weighted by Gasteiger charge is 2.11. The Morgan fingerprint density at radius 3 is 2.68 bits per heavy atom. The Hall–Kier alpha value is -3.15. The van der Waals surface area contributed by atoms with Gasteiger partial charge in [0.1, 0.15) is 5.76 Å². The third kappa shape index (κ3) is 3.85. The summed E-state index contributed by atoms with van der Waals surface area (Å²) in [6, 6.07) is 10.6. The molecule has 128 valence electrons. The number of benzene rings is 1. The molecule has 0 aliphatic heterocycles. The van der Waals surface area contributed by atoms with E-state index in [1.165, 1.54) is 16.7 Å². The molecule has 3 aromatic rings. The first kappa shape index (κ1) is 16.7. The van der Waals surface area contributed by atoms with Crippen LogP contribution in [0.2, 0.25) is 0 Å². The van der Waals surface area contributed by atoms with Crippen LogP contribution in [0.3, 0.4) is 0 Å². The van der Waals surface area contributed by atoms with E-state index in [0.717, 1.165) is 16.7 Å². The number of rotatable bonds is 4. The second-order valence-corrected chi connectivity index (χ2v) is 6.09. The Bertz CT molecular complexity index is 986. The molecule has 0 bridgehead atoms. The summed E-state index contributed by atoms with van der Waals surface area (Å²) in [5, 5.41) is 6.39. The summed E-state index contributed by atoms with van der Waals surface area (Å²) in [5.41, 5.74) is 3.50. The SMILES string of the molecule is Cc1ccc(C)c(Cn2cc(C(=O)Nc3cc(C)on3)ccc2=O)c1. The number of aromatic nitrogens is 2. The number of aryl methyl sites for hydroxylation is 3. The van der Waals surface area contributed by atoms with E-state index in [9.17, 15) is 9.59 Å². The van der Waals surface area contributed by atoms with Gasteiger partial charge in [0.15, 0.2) is 5.82 Å². The second-order valence-electron chi connectivity index (χ2n) is 6.09. The van der Waals surface area contributed by atoms with Crippen LogP contribution in [0.1, 0.15) is 32.8 Å². The number of pyridine rings is 1. The van der Waals surface area contributed by atoms with E-state index < -0.39 is 0 Å². The molecular weight excluding hydrogens is 318 g/mol. The smallest absolute Gasteiger partial charge is 0.258 e. The van der Waals surface area contributed by atoms with Crippen LogP contribution in [-0.2, 0) is 6.54 Å². The highest BCUT2D eigenvalue weighted by molar-refractivity contribution is 6.03. The van der Waals surface area contributed by atoms with Gasteiger partial charge >= 0.3 is 0 Å². The number of amides is 1. The molecule has 0 unspecified atom stereocenters. The lowest BCUT2D eigenvalue weighted by Crippen LogP contribution is -2.23. The molecule has 0 aliphatic carbocycles. The first-order chi connectivity index (χ1) is 11.9. The van der Waals surface area contributed by atoms with Gasteiger partial charge in [-0.05, 0) is 38.0 Å². The molecule has 1 N–H and O–H groups in total. The van der Waals surface area contributed by atoms with Gasteiger partial charge in [-0.1, -0.05) is 28.9 Å². The third-order valence-electron chi connectivity index (χ3n) is 3.96. The van der Waals surface area contributed by atoms with Crippen molar-refractivity contribution in [1.82, 2.24) is 9.72 Å². The molecule has 0 saturated heterocycles. The quantitative estimate of drug-likeness (QED) is 0.794. The lowest BCUT2D eigenvalue weighted by Gasteiger charge is -2.11. The number of nitrogens with one attached hydrogen (secondary N) is 1. The Morgan fingerprint density at radius 1 is 1.16 bits per heavy atom. The first-order valence-corrected chi connectivity index (χ1v) is 7.93. The summed E-state index contributed by atoms with van der Waals surface area (Å²) in [7, 11) is 0. The molecule has 0 saturated carbocycles. The number of carbonyl (C=O) groups is 1. The zero-order valence-electron chi connectivity index (χ0n) is 14.4. The summed E-state index contributed by atoms with van der Waals surface area (Å²) in [6.45, 7) is 6.17. The van der Waals surface area contributed by atoms with Crippen molar-refractivity contribution < 1.29 is 9.32 Å². The largest absolute Gasteiger partial charge is 0.360 e. The van der Waals surface area contributed by atoms with E-state index >= 15 is 0 Å². The van der Waals surface area contributed by atoms with Crippen LogP contribution < -0.4 is 10.9 Å². The van der Waals surface area contributed by atoms with Gasteiger partial charge < -0.3 is 14.4 Å².